The molecule has 5 heteroatoms. The first-order valence-corrected chi connectivity index (χ1v) is 11.3. The predicted octanol–water partition coefficient (Wildman–Crippen LogP) is 5.90. The van der Waals surface area contributed by atoms with Gasteiger partial charge in [-0.3, -0.25) is 9.69 Å². The van der Waals surface area contributed by atoms with Crippen molar-refractivity contribution in [3.8, 4) is 5.69 Å². The molecule has 0 spiro atoms. The van der Waals surface area contributed by atoms with Gasteiger partial charge in [-0.15, -0.1) is 0 Å². The standard InChI is InChI=1S/C29H30N2O3/c1-17-9-8-10-24(14-17)31-22(6)27(29(33)34-7)25(28(31)32)16-23-15-20(4)30(21(23)5)26-12-11-18(2)13-19(26)3/h8-16H,1-7H3/b25-16-. The van der Waals surface area contributed by atoms with Crippen LogP contribution in [0.25, 0.3) is 11.8 Å². The molecule has 5 nitrogen and oxygen atoms in total. The molecule has 0 aliphatic carbocycles. The number of allylic oxidation sites excluding steroid dienone is 1. The van der Waals surface area contributed by atoms with Crippen LogP contribution in [-0.4, -0.2) is 23.6 Å². The summed E-state index contributed by atoms with van der Waals surface area (Å²) in [6, 6.07) is 16.1. The van der Waals surface area contributed by atoms with E-state index in [1.165, 1.54) is 18.2 Å². The van der Waals surface area contributed by atoms with Gasteiger partial charge in [0.05, 0.1) is 18.3 Å². The van der Waals surface area contributed by atoms with E-state index in [-0.39, 0.29) is 5.91 Å². The summed E-state index contributed by atoms with van der Waals surface area (Å²) in [4.78, 5) is 28.0. The number of rotatable bonds is 4. The SMILES string of the molecule is COC(=O)C1=C(C)N(c2cccc(C)c2)C(=O)/C1=C\c1cc(C)n(-c2ccc(C)cc2C)c1C. The van der Waals surface area contributed by atoms with Crippen LogP contribution < -0.4 is 4.90 Å². The number of hydrogen-bond donors (Lipinski definition) is 0. The number of amides is 1. The molecule has 34 heavy (non-hydrogen) atoms. The Morgan fingerprint density at radius 3 is 2.26 bits per heavy atom. The number of anilines is 1. The summed E-state index contributed by atoms with van der Waals surface area (Å²) in [5.74, 6) is -0.754. The molecule has 0 saturated heterocycles. The van der Waals surface area contributed by atoms with Crippen molar-refractivity contribution < 1.29 is 14.3 Å². The van der Waals surface area contributed by atoms with Gasteiger partial charge in [0.1, 0.15) is 0 Å². The van der Waals surface area contributed by atoms with Crippen molar-refractivity contribution in [2.24, 2.45) is 0 Å². The molecule has 0 saturated carbocycles. The van der Waals surface area contributed by atoms with E-state index in [0.29, 0.717) is 16.8 Å². The van der Waals surface area contributed by atoms with E-state index >= 15 is 0 Å². The van der Waals surface area contributed by atoms with E-state index in [9.17, 15) is 9.59 Å². The Bertz CT molecular complexity index is 1390. The molecule has 0 N–H and O–H groups in total. The quantitative estimate of drug-likeness (QED) is 0.364. The summed E-state index contributed by atoms with van der Waals surface area (Å²) < 4.78 is 7.25. The zero-order chi connectivity index (χ0) is 24.7. The van der Waals surface area contributed by atoms with Gasteiger partial charge in [0.25, 0.3) is 5.91 Å². The lowest BCUT2D eigenvalue weighted by molar-refractivity contribution is -0.136. The second kappa shape index (κ2) is 8.82. The van der Waals surface area contributed by atoms with E-state index in [4.69, 9.17) is 4.74 Å². The maximum Gasteiger partial charge on any atom is 0.340 e. The third kappa shape index (κ3) is 3.87. The largest absolute Gasteiger partial charge is 0.465 e. The topological polar surface area (TPSA) is 51.5 Å². The number of methoxy groups -OCH3 is 1. The van der Waals surface area contributed by atoms with Crippen LogP contribution >= 0.6 is 0 Å². The molecule has 3 aromatic rings. The molecule has 0 unspecified atom stereocenters. The Labute approximate surface area is 201 Å². The summed E-state index contributed by atoms with van der Waals surface area (Å²) in [7, 11) is 1.34. The Hall–Kier alpha value is -3.86. The average molecular weight is 455 g/mol. The van der Waals surface area contributed by atoms with Gasteiger partial charge in [-0.05, 0) is 88.6 Å². The van der Waals surface area contributed by atoms with Crippen LogP contribution in [0.3, 0.4) is 0 Å². The van der Waals surface area contributed by atoms with Crippen molar-refractivity contribution in [1.29, 1.82) is 0 Å². The van der Waals surface area contributed by atoms with Crippen molar-refractivity contribution in [3.05, 3.63) is 99.0 Å². The lowest BCUT2D eigenvalue weighted by Crippen LogP contribution is -2.24. The first-order valence-electron chi connectivity index (χ1n) is 11.3. The summed E-state index contributed by atoms with van der Waals surface area (Å²) in [6.07, 6.45) is 1.82. The Morgan fingerprint density at radius 2 is 1.62 bits per heavy atom. The molecular weight excluding hydrogens is 424 g/mol. The number of nitrogens with zero attached hydrogens (tertiary/aromatic N) is 2. The number of carbonyl (C=O) groups is 2. The summed E-state index contributed by atoms with van der Waals surface area (Å²) in [6.45, 7) is 12.0. The Morgan fingerprint density at radius 1 is 0.912 bits per heavy atom. The maximum atomic E-state index is 13.6. The third-order valence-corrected chi connectivity index (χ3v) is 6.41. The fourth-order valence-electron chi connectivity index (χ4n) is 4.77. The average Bonchev–Trinajstić information content (AvgIpc) is 3.19. The van der Waals surface area contributed by atoms with Gasteiger partial charge in [0.15, 0.2) is 0 Å². The second-order valence-corrected chi connectivity index (χ2v) is 8.94. The lowest BCUT2D eigenvalue weighted by Gasteiger charge is -2.18. The third-order valence-electron chi connectivity index (χ3n) is 6.41. The van der Waals surface area contributed by atoms with Crippen LogP contribution in [-0.2, 0) is 14.3 Å². The van der Waals surface area contributed by atoms with Crippen molar-refractivity contribution in [2.75, 3.05) is 12.0 Å². The summed E-state index contributed by atoms with van der Waals surface area (Å²) in [5.41, 5.74) is 9.40. The van der Waals surface area contributed by atoms with Crippen LogP contribution in [0.15, 0.2) is 65.4 Å². The van der Waals surface area contributed by atoms with Crippen molar-refractivity contribution in [1.82, 2.24) is 4.57 Å². The highest BCUT2D eigenvalue weighted by Crippen LogP contribution is 2.36. The van der Waals surface area contributed by atoms with Crippen LogP contribution in [0, 0.1) is 34.6 Å². The molecule has 1 amide bonds. The van der Waals surface area contributed by atoms with E-state index < -0.39 is 5.97 Å². The maximum absolute atomic E-state index is 13.6. The Balaban J connectivity index is 1.86. The molecular formula is C29H30N2O3. The fraction of sp³-hybridized carbons (Fsp3) is 0.241. The fourth-order valence-corrected chi connectivity index (χ4v) is 4.77. The first-order chi connectivity index (χ1) is 16.1. The molecule has 1 aliphatic rings. The number of benzene rings is 2. The minimum atomic E-state index is -0.518. The second-order valence-electron chi connectivity index (χ2n) is 8.94. The number of hydrogen-bond acceptors (Lipinski definition) is 3. The van der Waals surface area contributed by atoms with Gasteiger partial charge in [-0.25, -0.2) is 4.79 Å². The number of carbonyl (C=O) groups excluding carboxylic acids is 2. The minimum Gasteiger partial charge on any atom is -0.465 e. The van der Waals surface area contributed by atoms with Gasteiger partial charge in [-0.2, -0.15) is 0 Å². The molecule has 2 heterocycles. The molecule has 0 atom stereocenters. The van der Waals surface area contributed by atoms with Crippen molar-refractivity contribution in [3.63, 3.8) is 0 Å². The van der Waals surface area contributed by atoms with E-state index in [0.717, 1.165) is 33.9 Å². The van der Waals surface area contributed by atoms with Gasteiger partial charge in [0.2, 0.25) is 0 Å². The summed E-state index contributed by atoms with van der Waals surface area (Å²) in [5, 5.41) is 0. The molecule has 174 valence electrons. The van der Waals surface area contributed by atoms with Crippen LogP contribution in [0.5, 0.6) is 0 Å². The van der Waals surface area contributed by atoms with E-state index in [2.05, 4.69) is 42.7 Å². The van der Waals surface area contributed by atoms with Gasteiger partial charge >= 0.3 is 5.97 Å². The smallest absolute Gasteiger partial charge is 0.340 e. The van der Waals surface area contributed by atoms with Gasteiger partial charge in [0, 0.05) is 28.5 Å². The highest BCUT2D eigenvalue weighted by atomic mass is 16.5. The number of aromatic nitrogens is 1. The monoisotopic (exact) mass is 454 g/mol. The Kier molecular flexibility index (Phi) is 6.05. The molecule has 0 radical (unpaired) electrons. The van der Waals surface area contributed by atoms with Gasteiger partial charge in [-0.1, -0.05) is 29.8 Å². The predicted molar refractivity (Wildman–Crippen MR) is 136 cm³/mol. The van der Waals surface area contributed by atoms with Crippen LogP contribution in [0.4, 0.5) is 5.69 Å². The molecule has 2 aromatic carbocycles. The zero-order valence-corrected chi connectivity index (χ0v) is 20.8. The van der Waals surface area contributed by atoms with Crippen LogP contribution in [0.1, 0.15) is 40.6 Å². The molecule has 1 aromatic heterocycles. The first kappa shape index (κ1) is 23.3. The van der Waals surface area contributed by atoms with E-state index in [1.54, 1.807) is 11.8 Å². The molecule has 0 fully saturated rings. The van der Waals surface area contributed by atoms with Crippen LogP contribution in [0.2, 0.25) is 0 Å². The number of aryl methyl sites for hydroxylation is 4. The highest BCUT2D eigenvalue weighted by molar-refractivity contribution is 6.23. The van der Waals surface area contributed by atoms with Crippen molar-refractivity contribution in [2.45, 2.75) is 41.5 Å². The lowest BCUT2D eigenvalue weighted by atomic mass is 10.0. The number of esters is 1. The van der Waals surface area contributed by atoms with Crippen molar-refractivity contribution >= 4 is 23.6 Å². The molecule has 1 aliphatic heterocycles. The normalized spacial score (nSPS) is 15.0. The molecule has 4 rings (SSSR count). The molecule has 0 bridgehead atoms. The minimum absolute atomic E-state index is 0.236. The van der Waals surface area contributed by atoms with E-state index in [1.807, 2.05) is 51.1 Å². The highest BCUT2D eigenvalue weighted by Gasteiger charge is 2.38. The summed E-state index contributed by atoms with van der Waals surface area (Å²) >= 11 is 0. The van der Waals surface area contributed by atoms with Gasteiger partial charge < -0.3 is 9.30 Å². The zero-order valence-electron chi connectivity index (χ0n) is 20.8. The number of ether oxygens (including phenoxy) is 1.